The summed E-state index contributed by atoms with van der Waals surface area (Å²) in [6.07, 6.45) is 4.85. The van der Waals surface area contributed by atoms with Gasteiger partial charge in [0, 0.05) is 22.9 Å². The maximum atomic E-state index is 12.3. The molecule has 1 atom stereocenters. The average Bonchev–Trinajstić information content (AvgIpc) is 3.05. The minimum atomic E-state index is -0.174. The number of allylic oxidation sites excluding steroid dienone is 1. The van der Waals surface area contributed by atoms with Gasteiger partial charge in [0.1, 0.15) is 0 Å². The fourth-order valence-electron chi connectivity index (χ4n) is 2.81. The number of halogens is 2. The number of rotatable bonds is 4. The van der Waals surface area contributed by atoms with Gasteiger partial charge in [-0.1, -0.05) is 72.6 Å². The van der Waals surface area contributed by atoms with Crippen LogP contribution in [0.15, 0.2) is 59.7 Å². The molecule has 0 N–H and O–H groups in total. The number of hydrogen-bond donors (Lipinski definition) is 0. The van der Waals surface area contributed by atoms with Gasteiger partial charge in [-0.05, 0) is 29.3 Å². The molecule has 25 heavy (non-hydrogen) atoms. The highest BCUT2D eigenvalue weighted by Crippen LogP contribution is 2.35. The van der Waals surface area contributed by atoms with E-state index in [9.17, 15) is 4.79 Å². The van der Waals surface area contributed by atoms with Crippen LogP contribution in [-0.4, -0.2) is 16.6 Å². The normalized spacial score (nSPS) is 17.2. The minimum Gasteiger partial charge on any atom is -0.273 e. The largest absolute Gasteiger partial charge is 0.273 e. The molecule has 0 radical (unpaired) electrons. The maximum absolute atomic E-state index is 12.3. The van der Waals surface area contributed by atoms with Crippen LogP contribution in [0.25, 0.3) is 6.08 Å². The van der Waals surface area contributed by atoms with Crippen molar-refractivity contribution in [1.82, 2.24) is 5.01 Å². The first-order valence-electron chi connectivity index (χ1n) is 8.16. The summed E-state index contributed by atoms with van der Waals surface area (Å²) in [5.74, 6) is -0.0222. The fraction of sp³-hybridized carbons (Fsp3) is 0.200. The summed E-state index contributed by atoms with van der Waals surface area (Å²) < 4.78 is 0. The number of amides is 1. The van der Waals surface area contributed by atoms with E-state index >= 15 is 0 Å². The molecule has 2 aromatic carbocycles. The molecule has 5 heteroatoms. The van der Waals surface area contributed by atoms with Crippen molar-refractivity contribution in [2.24, 2.45) is 5.10 Å². The molecule has 0 bridgehead atoms. The van der Waals surface area contributed by atoms with Crippen molar-refractivity contribution >= 4 is 40.9 Å². The van der Waals surface area contributed by atoms with Gasteiger partial charge in [0.2, 0.25) is 5.91 Å². The van der Waals surface area contributed by atoms with Gasteiger partial charge in [0.25, 0.3) is 0 Å². The van der Waals surface area contributed by atoms with E-state index in [-0.39, 0.29) is 11.9 Å². The third-order valence-corrected chi connectivity index (χ3v) is 4.81. The van der Waals surface area contributed by atoms with Gasteiger partial charge < -0.3 is 0 Å². The third kappa shape index (κ3) is 3.94. The molecule has 0 saturated carbocycles. The lowest BCUT2D eigenvalue weighted by molar-refractivity contribution is -0.132. The van der Waals surface area contributed by atoms with Gasteiger partial charge in [-0.25, -0.2) is 5.01 Å². The van der Waals surface area contributed by atoms with Gasteiger partial charge in [-0.3, -0.25) is 4.79 Å². The Kier molecular flexibility index (Phi) is 5.57. The maximum Gasteiger partial charge on any atom is 0.242 e. The molecule has 0 aliphatic carbocycles. The number of nitrogens with zero attached hydrogens (tertiary/aromatic N) is 2. The molecule has 1 aliphatic heterocycles. The van der Waals surface area contributed by atoms with E-state index in [0.717, 1.165) is 16.8 Å². The molecular weight excluding hydrogens is 355 g/mol. The van der Waals surface area contributed by atoms with Gasteiger partial charge >= 0.3 is 0 Å². The monoisotopic (exact) mass is 372 g/mol. The molecule has 0 spiro atoms. The Morgan fingerprint density at radius 2 is 1.80 bits per heavy atom. The van der Waals surface area contributed by atoms with Crippen LogP contribution in [0.2, 0.25) is 10.0 Å². The fourth-order valence-corrected chi connectivity index (χ4v) is 3.27. The molecule has 1 heterocycles. The Hall–Kier alpha value is -2.10. The molecule has 0 unspecified atom stereocenters. The Morgan fingerprint density at radius 3 is 2.48 bits per heavy atom. The summed E-state index contributed by atoms with van der Waals surface area (Å²) in [6.45, 7) is 1.83. The van der Waals surface area contributed by atoms with Crippen molar-refractivity contribution in [3.63, 3.8) is 0 Å². The number of carbonyl (C=O) groups excluding carboxylic acids is 1. The van der Waals surface area contributed by atoms with Crippen molar-refractivity contribution in [3.8, 4) is 0 Å². The number of benzene rings is 2. The molecule has 0 aromatic heterocycles. The third-order valence-electron chi connectivity index (χ3n) is 4.12. The van der Waals surface area contributed by atoms with E-state index in [1.54, 1.807) is 5.01 Å². The zero-order valence-electron chi connectivity index (χ0n) is 13.8. The second kappa shape index (κ2) is 7.85. The van der Waals surface area contributed by atoms with Gasteiger partial charge in [-0.15, -0.1) is 0 Å². The summed E-state index contributed by atoms with van der Waals surface area (Å²) in [5.41, 5.74) is 2.66. The van der Waals surface area contributed by atoms with Crippen molar-refractivity contribution in [2.75, 3.05) is 0 Å². The second-order valence-electron chi connectivity index (χ2n) is 5.78. The Labute approximate surface area is 157 Å². The standard InChI is InChI=1S/C20H18Cl2N2O/c1-2-20(25)24-19(16-8-4-6-10-18(16)22)13-15(23-24)12-11-14-7-3-5-9-17(14)21/h3-12,19H,2,13H2,1H3/b12-11+/t19-/m0/s1. The highest BCUT2D eigenvalue weighted by Gasteiger charge is 2.31. The van der Waals surface area contributed by atoms with Crippen LogP contribution >= 0.6 is 23.2 Å². The lowest BCUT2D eigenvalue weighted by Gasteiger charge is -2.22. The quantitative estimate of drug-likeness (QED) is 0.672. The van der Waals surface area contributed by atoms with E-state index in [0.29, 0.717) is 22.9 Å². The first-order chi connectivity index (χ1) is 12.1. The van der Waals surface area contributed by atoms with E-state index in [1.165, 1.54) is 0 Å². The lowest BCUT2D eigenvalue weighted by atomic mass is 10.0. The van der Waals surface area contributed by atoms with Crippen molar-refractivity contribution in [2.45, 2.75) is 25.8 Å². The molecule has 128 valence electrons. The predicted octanol–water partition coefficient (Wildman–Crippen LogP) is 5.75. The Balaban J connectivity index is 1.88. The zero-order chi connectivity index (χ0) is 17.8. The topological polar surface area (TPSA) is 32.7 Å². The van der Waals surface area contributed by atoms with Gasteiger partial charge in [-0.2, -0.15) is 5.10 Å². The van der Waals surface area contributed by atoms with Crippen LogP contribution in [0.5, 0.6) is 0 Å². The molecule has 0 saturated heterocycles. The first kappa shape index (κ1) is 17.7. The van der Waals surface area contributed by atoms with Crippen molar-refractivity contribution < 1.29 is 4.79 Å². The van der Waals surface area contributed by atoms with Gasteiger partial charge in [0.15, 0.2) is 0 Å². The van der Waals surface area contributed by atoms with E-state index < -0.39 is 0 Å². The molecule has 1 amide bonds. The summed E-state index contributed by atoms with van der Waals surface area (Å²) in [4.78, 5) is 12.3. The summed E-state index contributed by atoms with van der Waals surface area (Å²) in [6, 6.07) is 15.0. The van der Waals surface area contributed by atoms with Crippen LogP contribution in [-0.2, 0) is 4.79 Å². The van der Waals surface area contributed by atoms with Crippen LogP contribution in [0, 0.1) is 0 Å². The highest BCUT2D eigenvalue weighted by atomic mass is 35.5. The van der Waals surface area contributed by atoms with Crippen LogP contribution in [0.4, 0.5) is 0 Å². The van der Waals surface area contributed by atoms with Crippen LogP contribution in [0.1, 0.15) is 36.9 Å². The first-order valence-corrected chi connectivity index (χ1v) is 8.92. The van der Waals surface area contributed by atoms with E-state index in [4.69, 9.17) is 23.2 Å². The molecule has 1 aliphatic rings. The summed E-state index contributed by atoms with van der Waals surface area (Å²) >= 11 is 12.5. The molecule has 0 fully saturated rings. The average molecular weight is 373 g/mol. The molecular formula is C20H18Cl2N2O. The van der Waals surface area contributed by atoms with Crippen molar-refractivity contribution in [3.05, 3.63) is 75.8 Å². The van der Waals surface area contributed by atoms with Gasteiger partial charge in [0.05, 0.1) is 11.8 Å². The predicted molar refractivity (Wildman–Crippen MR) is 104 cm³/mol. The SMILES string of the molecule is CCC(=O)N1N=C(/C=C/c2ccccc2Cl)C[C@H]1c1ccccc1Cl. The zero-order valence-corrected chi connectivity index (χ0v) is 15.3. The van der Waals surface area contributed by atoms with Crippen molar-refractivity contribution in [1.29, 1.82) is 0 Å². The Morgan fingerprint density at radius 1 is 1.12 bits per heavy atom. The van der Waals surface area contributed by atoms with E-state index in [1.807, 2.05) is 67.6 Å². The van der Waals surface area contributed by atoms with Crippen LogP contribution in [0.3, 0.4) is 0 Å². The Bertz CT molecular complexity index is 845. The summed E-state index contributed by atoms with van der Waals surface area (Å²) in [7, 11) is 0. The van der Waals surface area contributed by atoms with E-state index in [2.05, 4.69) is 5.10 Å². The number of hydrazone groups is 1. The van der Waals surface area contributed by atoms with Crippen LogP contribution < -0.4 is 0 Å². The lowest BCUT2D eigenvalue weighted by Crippen LogP contribution is -2.26. The minimum absolute atomic E-state index is 0.0222. The smallest absolute Gasteiger partial charge is 0.242 e. The molecule has 3 nitrogen and oxygen atoms in total. The molecule has 2 aromatic rings. The number of hydrogen-bond acceptors (Lipinski definition) is 2. The number of carbonyl (C=O) groups is 1. The summed E-state index contributed by atoms with van der Waals surface area (Å²) in [5, 5.41) is 7.39. The molecule has 3 rings (SSSR count). The highest BCUT2D eigenvalue weighted by molar-refractivity contribution is 6.32. The second-order valence-corrected chi connectivity index (χ2v) is 6.59.